The first-order valence-electron chi connectivity index (χ1n) is 22.9. The van der Waals surface area contributed by atoms with Gasteiger partial charge in [0.2, 0.25) is 0 Å². The van der Waals surface area contributed by atoms with E-state index in [-0.39, 0.29) is 71.6 Å². The summed E-state index contributed by atoms with van der Waals surface area (Å²) >= 11 is 0. The molecule has 12 heteroatoms. The SMILES string of the molecule is Fc1ccc(-c2cccc3cn(N4[C@H](c5ccccc5)CC[C@H]4c4ccccc4)c[n+]23)cc1.Fc1ccc(-c2cccc3cn(N4[C@H](c5ccccc5)CC[C@H]4c4ccccc4)c[n+]23)cc1.O.O.[Cl-].[Cl-]. The molecule has 0 bridgehead atoms. The molecule has 2 fully saturated rings. The van der Waals surface area contributed by atoms with Crippen LogP contribution in [0.4, 0.5) is 8.78 Å². The van der Waals surface area contributed by atoms with Crippen LogP contribution in [0.2, 0.25) is 0 Å². The molecule has 12 rings (SSSR count). The molecule has 0 unspecified atom stereocenters. The quantitative estimate of drug-likeness (QED) is 0.204. The van der Waals surface area contributed by atoms with E-state index in [4.69, 9.17) is 0 Å². The van der Waals surface area contributed by atoms with Gasteiger partial charge in [-0.2, -0.15) is 8.80 Å². The number of fused-ring (bicyclic) bond motifs is 2. The third-order valence-electron chi connectivity index (χ3n) is 13.4. The number of aromatic nitrogens is 4. The van der Waals surface area contributed by atoms with Crippen molar-refractivity contribution in [2.75, 3.05) is 10.0 Å². The van der Waals surface area contributed by atoms with Crippen molar-refractivity contribution in [1.29, 1.82) is 0 Å². The predicted octanol–water partition coefficient (Wildman–Crippen LogP) is 4.85. The largest absolute Gasteiger partial charge is 1.00 e. The first kappa shape index (κ1) is 50.5. The van der Waals surface area contributed by atoms with Gasteiger partial charge in [-0.3, -0.25) is 0 Å². The number of hydrogen-bond donors (Lipinski definition) is 0. The van der Waals surface area contributed by atoms with Gasteiger partial charge >= 0.3 is 0 Å². The third-order valence-corrected chi connectivity index (χ3v) is 13.4. The molecule has 4 N–H and O–H groups in total. The van der Waals surface area contributed by atoms with Gasteiger partial charge in [0.1, 0.15) is 23.0 Å². The molecular formula is C58H54Cl2F2N6O2. The second kappa shape index (κ2) is 22.4. The Hall–Kier alpha value is -7.34. The van der Waals surface area contributed by atoms with Gasteiger partial charge in [-0.15, -0.1) is 9.35 Å². The second-order valence-corrected chi connectivity index (χ2v) is 17.3. The molecule has 0 radical (unpaired) electrons. The summed E-state index contributed by atoms with van der Waals surface area (Å²) < 4.78 is 35.9. The summed E-state index contributed by atoms with van der Waals surface area (Å²) in [5.74, 6) is -0.441. The molecule has 10 aromatic rings. The molecule has 0 spiro atoms. The monoisotopic (exact) mass is 974 g/mol. The molecule has 2 aliphatic heterocycles. The lowest BCUT2D eigenvalue weighted by molar-refractivity contribution is -0.500. The Kier molecular flexibility index (Phi) is 16.2. The number of imidazole rings is 2. The highest BCUT2D eigenvalue weighted by Gasteiger charge is 2.40. The van der Waals surface area contributed by atoms with Crippen LogP contribution >= 0.6 is 0 Å². The van der Waals surface area contributed by atoms with Gasteiger partial charge in [0.25, 0.3) is 12.7 Å². The lowest BCUT2D eigenvalue weighted by Gasteiger charge is -2.28. The molecule has 6 aromatic carbocycles. The smallest absolute Gasteiger partial charge is 0.273 e. The summed E-state index contributed by atoms with van der Waals surface area (Å²) in [5.41, 5.74) is 11.6. The highest BCUT2D eigenvalue weighted by Crippen LogP contribution is 2.44. The topological polar surface area (TPSA) is 87.5 Å². The lowest BCUT2D eigenvalue weighted by atomic mass is 10.0. The van der Waals surface area contributed by atoms with Crippen molar-refractivity contribution < 1.29 is 53.3 Å². The van der Waals surface area contributed by atoms with Crippen molar-refractivity contribution in [1.82, 2.24) is 9.35 Å². The van der Waals surface area contributed by atoms with Crippen LogP contribution in [0.3, 0.4) is 0 Å². The average Bonchev–Trinajstić information content (AvgIpc) is 4.20. The summed E-state index contributed by atoms with van der Waals surface area (Å²) in [4.78, 5) is 0. The van der Waals surface area contributed by atoms with Gasteiger partial charge in [-0.1, -0.05) is 133 Å². The minimum atomic E-state index is -0.220. The van der Waals surface area contributed by atoms with E-state index < -0.39 is 0 Å². The highest BCUT2D eigenvalue weighted by molar-refractivity contribution is 5.59. The fraction of sp³-hybridized carbons (Fsp3) is 0.138. The van der Waals surface area contributed by atoms with Crippen molar-refractivity contribution in [3.8, 4) is 22.5 Å². The van der Waals surface area contributed by atoms with E-state index >= 15 is 0 Å². The van der Waals surface area contributed by atoms with E-state index in [0.29, 0.717) is 0 Å². The number of nitrogens with zero attached hydrogens (tertiary/aromatic N) is 6. The van der Waals surface area contributed by atoms with Crippen LogP contribution in [0.25, 0.3) is 33.5 Å². The third kappa shape index (κ3) is 10.0. The maximum Gasteiger partial charge on any atom is 0.273 e. The number of halogens is 4. The maximum absolute atomic E-state index is 13.5. The fourth-order valence-corrected chi connectivity index (χ4v) is 10.3. The Labute approximate surface area is 419 Å². The number of hydrogen-bond acceptors (Lipinski definition) is 2. The standard InChI is InChI=1S/2C29H25FN3.2ClH.2H2O/c2*30-25-16-14-24(15-17-25)27-13-7-12-26-20-31(21-32(26)27)33-28(22-8-3-1-4-9-22)18-19-29(33)23-10-5-2-6-11-23;;;;/h2*1-17,20-21,28-29H,18-19H2;2*1H;2*1H2/q2*+1;;;;/p-2/t2*28-,29-;;;;/m00..../s1. The molecule has 0 saturated carbocycles. The molecule has 2 aliphatic rings. The van der Waals surface area contributed by atoms with E-state index in [2.05, 4.69) is 211 Å². The molecule has 4 atom stereocenters. The van der Waals surface area contributed by atoms with E-state index in [1.165, 1.54) is 46.5 Å². The number of benzene rings is 6. The van der Waals surface area contributed by atoms with Crippen LogP contribution in [0.5, 0.6) is 0 Å². The molecule has 2 saturated heterocycles. The Morgan fingerprint density at radius 2 is 0.629 bits per heavy atom. The van der Waals surface area contributed by atoms with Gasteiger partial charge in [0.15, 0.2) is 23.4 Å². The number of rotatable bonds is 8. The van der Waals surface area contributed by atoms with Crippen LogP contribution in [0.1, 0.15) is 72.1 Å². The summed E-state index contributed by atoms with van der Waals surface area (Å²) in [5, 5.41) is 5.01. The van der Waals surface area contributed by atoms with Crippen molar-refractivity contribution in [3.05, 3.63) is 265 Å². The van der Waals surface area contributed by atoms with Gasteiger partial charge < -0.3 is 35.8 Å². The Bertz CT molecular complexity index is 2900. The average molecular weight is 976 g/mol. The van der Waals surface area contributed by atoms with Crippen LogP contribution in [0, 0.1) is 11.6 Å². The summed E-state index contributed by atoms with van der Waals surface area (Å²) in [6, 6.07) is 70.2. The first-order valence-corrected chi connectivity index (χ1v) is 22.9. The van der Waals surface area contributed by atoms with Gasteiger partial charge in [-0.05, 0) is 121 Å². The van der Waals surface area contributed by atoms with Crippen molar-refractivity contribution in [2.45, 2.75) is 49.9 Å². The summed E-state index contributed by atoms with van der Waals surface area (Å²) in [6.07, 6.45) is 13.1. The maximum atomic E-state index is 13.5. The van der Waals surface area contributed by atoms with Gasteiger partial charge in [0.05, 0.1) is 24.2 Å². The van der Waals surface area contributed by atoms with Crippen LogP contribution in [0.15, 0.2) is 231 Å². The van der Waals surface area contributed by atoms with E-state index in [1.807, 2.05) is 24.3 Å². The summed E-state index contributed by atoms with van der Waals surface area (Å²) in [6.45, 7) is 0. The molecular weight excluding hydrogens is 922 g/mol. The molecule has 4 aromatic heterocycles. The summed E-state index contributed by atoms with van der Waals surface area (Å²) in [7, 11) is 0. The zero-order valence-electron chi connectivity index (χ0n) is 38.3. The second-order valence-electron chi connectivity index (χ2n) is 17.3. The van der Waals surface area contributed by atoms with E-state index in [9.17, 15) is 8.78 Å². The Balaban J connectivity index is 0.000000195. The highest BCUT2D eigenvalue weighted by atomic mass is 35.5. The Morgan fingerprint density at radius 1 is 0.343 bits per heavy atom. The normalized spacial score (nSPS) is 17.1. The molecule has 356 valence electrons. The molecule has 8 nitrogen and oxygen atoms in total. The fourth-order valence-electron chi connectivity index (χ4n) is 10.3. The zero-order valence-corrected chi connectivity index (χ0v) is 39.8. The Morgan fingerprint density at radius 3 is 0.914 bits per heavy atom. The lowest BCUT2D eigenvalue weighted by Crippen LogP contribution is -3.00. The molecule has 0 aliphatic carbocycles. The number of pyridine rings is 2. The molecule has 6 heterocycles. The molecule has 0 amide bonds. The van der Waals surface area contributed by atoms with Gasteiger partial charge in [-0.25, -0.2) is 18.8 Å². The first-order chi connectivity index (χ1) is 32.6. The van der Waals surface area contributed by atoms with Crippen LogP contribution < -0.4 is 43.6 Å². The van der Waals surface area contributed by atoms with Crippen molar-refractivity contribution in [2.24, 2.45) is 0 Å². The zero-order chi connectivity index (χ0) is 44.4. The van der Waals surface area contributed by atoms with Gasteiger partial charge in [0, 0.05) is 11.1 Å². The molecule has 70 heavy (non-hydrogen) atoms. The minimum Gasteiger partial charge on any atom is -1.00 e. The van der Waals surface area contributed by atoms with E-state index in [1.54, 1.807) is 0 Å². The van der Waals surface area contributed by atoms with Crippen molar-refractivity contribution >= 4 is 11.0 Å². The van der Waals surface area contributed by atoms with Crippen LogP contribution in [-0.4, -0.2) is 20.3 Å². The predicted molar refractivity (Wildman–Crippen MR) is 265 cm³/mol. The van der Waals surface area contributed by atoms with Crippen LogP contribution in [-0.2, 0) is 0 Å². The van der Waals surface area contributed by atoms with Crippen molar-refractivity contribution in [3.63, 3.8) is 0 Å². The minimum absolute atomic E-state index is 0. The van der Waals surface area contributed by atoms with E-state index in [0.717, 1.165) is 59.2 Å².